The van der Waals surface area contributed by atoms with E-state index in [0.29, 0.717) is 16.7 Å². The highest BCUT2D eigenvalue weighted by Crippen LogP contribution is 2.30. The van der Waals surface area contributed by atoms with Crippen LogP contribution in [0.15, 0.2) is 51.7 Å². The molecule has 0 aliphatic carbocycles. The van der Waals surface area contributed by atoms with Gasteiger partial charge in [0, 0.05) is 23.0 Å². The van der Waals surface area contributed by atoms with Crippen molar-refractivity contribution in [2.24, 2.45) is 5.92 Å². The number of fused-ring (bicyclic) bond motifs is 1. The number of aryl methyl sites for hydroxylation is 1. The van der Waals surface area contributed by atoms with Gasteiger partial charge < -0.3 is 25.3 Å². The third kappa shape index (κ3) is 7.29. The van der Waals surface area contributed by atoms with Crippen LogP contribution in [0, 0.1) is 12.8 Å². The molecule has 1 heterocycles. The Morgan fingerprint density at radius 3 is 2.42 bits per heavy atom. The molecule has 4 N–H and O–H groups in total. The molecule has 9 nitrogen and oxygen atoms in total. The summed E-state index contributed by atoms with van der Waals surface area (Å²) in [6.07, 6.45) is -0.373. The molecule has 2 aromatic carbocycles. The van der Waals surface area contributed by atoms with Gasteiger partial charge in [0.05, 0.1) is 17.0 Å². The predicted octanol–water partition coefficient (Wildman–Crippen LogP) is 3.65. The molecule has 0 bridgehead atoms. The van der Waals surface area contributed by atoms with Crippen LogP contribution in [0.5, 0.6) is 5.75 Å². The first kappa shape index (κ1) is 29.1. The molecule has 202 valence electrons. The number of rotatable bonds is 11. The van der Waals surface area contributed by atoms with Crippen LogP contribution in [0.1, 0.15) is 30.5 Å². The molecule has 0 unspecified atom stereocenters. The molecule has 1 aromatic heterocycles. The number of carbonyl (C=O) groups is 3. The number of halogens is 1. The molecule has 0 saturated carbocycles. The highest BCUT2D eigenvalue weighted by atomic mass is 35.5. The Kier molecular flexibility index (Phi) is 9.82. The number of carbonyl (C=O) groups excluding carboxylic acids is 2. The van der Waals surface area contributed by atoms with Crippen molar-refractivity contribution in [1.29, 1.82) is 0 Å². The van der Waals surface area contributed by atoms with Gasteiger partial charge in [-0.25, -0.2) is 9.59 Å². The van der Waals surface area contributed by atoms with E-state index in [1.54, 1.807) is 20.8 Å². The highest BCUT2D eigenvalue weighted by molar-refractivity contribution is 7.98. The number of carboxylic acids is 1. The lowest BCUT2D eigenvalue weighted by Gasteiger charge is -2.23. The molecule has 0 spiro atoms. The van der Waals surface area contributed by atoms with Gasteiger partial charge in [0.2, 0.25) is 11.8 Å². The first-order chi connectivity index (χ1) is 18.0. The van der Waals surface area contributed by atoms with E-state index in [9.17, 15) is 29.4 Å². The van der Waals surface area contributed by atoms with Gasteiger partial charge in [0.1, 0.15) is 23.4 Å². The number of amides is 2. The number of benzene rings is 2. The van der Waals surface area contributed by atoms with Crippen molar-refractivity contribution in [3.8, 4) is 5.75 Å². The lowest BCUT2D eigenvalue weighted by Crippen LogP contribution is -2.54. The molecule has 0 fully saturated rings. The van der Waals surface area contributed by atoms with Crippen LogP contribution in [0.25, 0.3) is 11.0 Å². The summed E-state index contributed by atoms with van der Waals surface area (Å²) in [7, 11) is 0. The standard InChI is InChI=1S/C27H29ClN2O7S/c1-14(2)24(26(34)35)30-25(33)20(13-38-12-16-7-5-4-6-8-16)29-23(32)10-18-15(3)17-9-19(28)21(31)11-22(17)37-27(18)36/h4-9,11,14,20,24,31H,10,12-13H2,1-3H3,(H,29,32)(H,30,33)(H,34,35)/t20-,24-/m0/s1. The van der Waals surface area contributed by atoms with Crippen molar-refractivity contribution >= 4 is 52.1 Å². The Balaban J connectivity index is 1.80. The average molecular weight is 561 g/mol. The summed E-state index contributed by atoms with van der Waals surface area (Å²) in [6, 6.07) is 10.1. The minimum Gasteiger partial charge on any atom is -0.506 e. The van der Waals surface area contributed by atoms with Crippen molar-refractivity contribution in [3.05, 3.63) is 74.6 Å². The Hall–Kier alpha value is -3.50. The zero-order valence-electron chi connectivity index (χ0n) is 21.1. The van der Waals surface area contributed by atoms with Gasteiger partial charge in [0.15, 0.2) is 0 Å². The monoisotopic (exact) mass is 560 g/mol. The number of hydrogen-bond donors (Lipinski definition) is 4. The van der Waals surface area contributed by atoms with E-state index in [4.69, 9.17) is 16.0 Å². The Bertz CT molecular complexity index is 1390. The van der Waals surface area contributed by atoms with Gasteiger partial charge in [-0.1, -0.05) is 55.8 Å². The molecule has 2 atom stereocenters. The number of phenols is 1. The van der Waals surface area contributed by atoms with Gasteiger partial charge in [-0.2, -0.15) is 11.8 Å². The number of carboxylic acid groups (broad SMARTS) is 1. The Morgan fingerprint density at radius 1 is 1.11 bits per heavy atom. The SMILES string of the molecule is Cc1c(CC(=O)N[C@@H](CSCc2ccccc2)C(=O)N[C@H](C(=O)O)C(C)C)c(=O)oc2cc(O)c(Cl)cc12. The van der Waals surface area contributed by atoms with Crippen LogP contribution in [0.4, 0.5) is 0 Å². The summed E-state index contributed by atoms with van der Waals surface area (Å²) < 4.78 is 5.28. The second-order valence-electron chi connectivity index (χ2n) is 9.16. The van der Waals surface area contributed by atoms with Crippen LogP contribution in [-0.2, 0) is 26.6 Å². The second kappa shape index (κ2) is 12.8. The fourth-order valence-electron chi connectivity index (χ4n) is 3.83. The van der Waals surface area contributed by atoms with Gasteiger partial charge in [-0.3, -0.25) is 9.59 Å². The molecule has 38 heavy (non-hydrogen) atoms. The molecule has 2 amide bonds. The molecule has 11 heteroatoms. The van der Waals surface area contributed by atoms with Gasteiger partial charge in [0.25, 0.3) is 0 Å². The Labute approximate surface area is 228 Å². The van der Waals surface area contributed by atoms with Gasteiger partial charge in [-0.15, -0.1) is 0 Å². The van der Waals surface area contributed by atoms with Gasteiger partial charge in [-0.05, 0) is 30.0 Å². The molecule has 0 radical (unpaired) electrons. The fraction of sp³-hybridized carbons (Fsp3) is 0.333. The lowest BCUT2D eigenvalue weighted by molar-refractivity contribution is -0.143. The number of aliphatic carboxylic acids is 1. The number of aromatic hydroxyl groups is 1. The molecular formula is C27H29ClN2O7S. The quantitative estimate of drug-likeness (QED) is 0.260. The molecule has 3 rings (SSSR count). The van der Waals surface area contributed by atoms with Crippen molar-refractivity contribution in [1.82, 2.24) is 10.6 Å². The number of hydrogen-bond acceptors (Lipinski definition) is 7. The summed E-state index contributed by atoms with van der Waals surface area (Å²) in [4.78, 5) is 50.3. The van der Waals surface area contributed by atoms with Crippen LogP contribution in [0.3, 0.4) is 0 Å². The first-order valence-electron chi connectivity index (χ1n) is 11.9. The van der Waals surface area contributed by atoms with Crippen molar-refractivity contribution < 1.29 is 29.0 Å². The largest absolute Gasteiger partial charge is 0.506 e. The molecule has 3 aromatic rings. The second-order valence-corrected chi connectivity index (χ2v) is 10.6. The molecule has 0 saturated heterocycles. The summed E-state index contributed by atoms with van der Waals surface area (Å²) in [5, 5.41) is 25.0. The van der Waals surface area contributed by atoms with Crippen LogP contribution in [0.2, 0.25) is 5.02 Å². The van der Waals surface area contributed by atoms with E-state index >= 15 is 0 Å². The van der Waals surface area contributed by atoms with Crippen LogP contribution < -0.4 is 16.3 Å². The van der Waals surface area contributed by atoms with Gasteiger partial charge >= 0.3 is 11.6 Å². The van der Waals surface area contributed by atoms with Crippen molar-refractivity contribution in [2.45, 2.75) is 45.0 Å². The summed E-state index contributed by atoms with van der Waals surface area (Å²) in [5.74, 6) is -2.28. The van der Waals surface area contributed by atoms with Crippen molar-refractivity contribution in [3.63, 3.8) is 0 Å². The zero-order valence-corrected chi connectivity index (χ0v) is 22.7. The maximum atomic E-state index is 13.0. The number of thioether (sulfide) groups is 1. The minimum atomic E-state index is -1.18. The topological polar surface area (TPSA) is 146 Å². The minimum absolute atomic E-state index is 0.0650. The van der Waals surface area contributed by atoms with E-state index in [-0.39, 0.29) is 40.0 Å². The third-order valence-corrected chi connectivity index (χ3v) is 7.38. The normalized spacial score (nSPS) is 12.8. The van der Waals surface area contributed by atoms with E-state index < -0.39 is 35.5 Å². The number of phenolic OH excluding ortho intramolecular Hbond substituents is 1. The molecule has 0 aliphatic heterocycles. The zero-order chi connectivity index (χ0) is 28.0. The third-order valence-electron chi connectivity index (χ3n) is 5.97. The maximum Gasteiger partial charge on any atom is 0.340 e. The predicted molar refractivity (Wildman–Crippen MR) is 147 cm³/mol. The van der Waals surface area contributed by atoms with Crippen LogP contribution >= 0.6 is 23.4 Å². The lowest BCUT2D eigenvalue weighted by atomic mass is 10.0. The first-order valence-corrected chi connectivity index (χ1v) is 13.4. The fourth-order valence-corrected chi connectivity index (χ4v) is 5.01. The molecular weight excluding hydrogens is 532 g/mol. The average Bonchev–Trinajstić information content (AvgIpc) is 2.86. The number of nitrogens with one attached hydrogen (secondary N) is 2. The van der Waals surface area contributed by atoms with E-state index in [2.05, 4.69) is 10.6 Å². The van der Waals surface area contributed by atoms with E-state index in [1.807, 2.05) is 30.3 Å². The Morgan fingerprint density at radius 2 is 1.79 bits per heavy atom. The summed E-state index contributed by atoms with van der Waals surface area (Å²) in [6.45, 7) is 4.98. The maximum absolute atomic E-state index is 13.0. The van der Waals surface area contributed by atoms with E-state index in [0.717, 1.165) is 5.56 Å². The van der Waals surface area contributed by atoms with Crippen molar-refractivity contribution in [2.75, 3.05) is 5.75 Å². The van der Waals surface area contributed by atoms with Crippen LogP contribution in [-0.4, -0.2) is 45.8 Å². The van der Waals surface area contributed by atoms with E-state index in [1.165, 1.54) is 23.9 Å². The highest BCUT2D eigenvalue weighted by Gasteiger charge is 2.29. The smallest absolute Gasteiger partial charge is 0.340 e. The summed E-state index contributed by atoms with van der Waals surface area (Å²) >= 11 is 7.41. The molecule has 0 aliphatic rings. The summed E-state index contributed by atoms with van der Waals surface area (Å²) in [5.41, 5.74) is 0.943.